The van der Waals surface area contributed by atoms with E-state index in [1.54, 1.807) is 0 Å². The molecule has 0 amide bonds. The molecule has 0 aliphatic heterocycles. The first-order valence-electron chi connectivity index (χ1n) is 12.9. The van der Waals surface area contributed by atoms with Gasteiger partial charge in [0.05, 0.1) is 0 Å². The van der Waals surface area contributed by atoms with Crippen LogP contribution in [-0.4, -0.2) is 97.9 Å². The van der Waals surface area contributed by atoms with Crippen LogP contribution in [-0.2, 0) is 8.85 Å². The summed E-state index contributed by atoms with van der Waals surface area (Å²) >= 11 is 0. The number of nitrogens with zero attached hydrogens (tertiary/aromatic N) is 3. The quantitative estimate of drug-likeness (QED) is 0.217. The van der Waals surface area contributed by atoms with Gasteiger partial charge in [0.2, 0.25) is 0 Å². The summed E-state index contributed by atoms with van der Waals surface area (Å²) in [6, 6.07) is 2.13. The molecule has 0 spiro atoms. The normalized spacial score (nSPS) is 13.2. The molecule has 0 rings (SSSR count). The monoisotopic (exact) mass is 459 g/mol. The van der Waals surface area contributed by atoms with Crippen LogP contribution >= 0.6 is 0 Å². The predicted molar refractivity (Wildman–Crippen MR) is 139 cm³/mol. The number of hydrogen-bond acceptors (Lipinski definition) is 5. The molecule has 0 saturated carbocycles. The summed E-state index contributed by atoms with van der Waals surface area (Å²) in [7, 11) is 8.50. The summed E-state index contributed by atoms with van der Waals surface area (Å²) in [4.78, 5) is 7.58. The van der Waals surface area contributed by atoms with E-state index in [4.69, 9.17) is 8.85 Å². The maximum Gasteiger partial charge on any atom is 0.337 e. The van der Waals surface area contributed by atoms with Gasteiger partial charge in [-0.25, -0.2) is 0 Å². The van der Waals surface area contributed by atoms with Gasteiger partial charge in [0, 0.05) is 14.2 Å². The Hall–Kier alpha value is 0.0169. The van der Waals surface area contributed by atoms with Crippen LogP contribution in [0, 0.1) is 5.41 Å². The first-order valence-corrected chi connectivity index (χ1v) is 15.1. The third-order valence-corrected chi connectivity index (χ3v) is 10.8. The molecule has 0 fully saturated rings. The fraction of sp³-hybridized carbons (Fsp3) is 1.00. The zero-order chi connectivity index (χ0) is 23.8. The Morgan fingerprint density at radius 2 is 0.935 bits per heavy atom. The van der Waals surface area contributed by atoms with Crippen molar-refractivity contribution in [2.75, 3.05) is 74.6 Å². The van der Waals surface area contributed by atoms with Crippen molar-refractivity contribution in [1.29, 1.82) is 0 Å². The van der Waals surface area contributed by atoms with Crippen molar-refractivity contribution in [1.82, 2.24) is 14.7 Å². The second kappa shape index (κ2) is 17.5. The molecule has 0 N–H and O–H groups in total. The summed E-state index contributed by atoms with van der Waals surface area (Å²) in [6.45, 7) is 16.2. The molecule has 0 aromatic rings. The lowest BCUT2D eigenvalue weighted by atomic mass is 9.75. The van der Waals surface area contributed by atoms with E-state index in [1.165, 1.54) is 84.2 Å². The lowest BCUT2D eigenvalue weighted by Gasteiger charge is -2.40. The summed E-state index contributed by atoms with van der Waals surface area (Å²) in [6.07, 6.45) is 8.69. The summed E-state index contributed by atoms with van der Waals surface area (Å²) in [5.41, 5.74) is 0.344. The third-order valence-electron chi connectivity index (χ3n) is 7.21. The standard InChI is InChI=1S/C25H57N3O2Si/c1-10-18-26(5)21-14-25(15-22-27(6)19-11-2,16-23-28(7)20-12-3)17-24-31(13-4,29-8)30-9/h10-24H2,1-9H3. The molecule has 0 bridgehead atoms. The smallest absolute Gasteiger partial charge is 0.337 e. The van der Waals surface area contributed by atoms with E-state index in [-0.39, 0.29) is 0 Å². The maximum absolute atomic E-state index is 6.01. The van der Waals surface area contributed by atoms with Crippen molar-refractivity contribution in [3.8, 4) is 0 Å². The minimum absolute atomic E-state index is 0.344. The molecule has 0 aliphatic carbocycles. The molecule has 0 unspecified atom stereocenters. The van der Waals surface area contributed by atoms with Gasteiger partial charge in [-0.2, -0.15) is 0 Å². The minimum atomic E-state index is -2.08. The molecule has 0 aliphatic rings. The summed E-state index contributed by atoms with van der Waals surface area (Å²) in [5, 5.41) is 0. The van der Waals surface area contributed by atoms with Gasteiger partial charge < -0.3 is 23.6 Å². The highest BCUT2D eigenvalue weighted by molar-refractivity contribution is 6.67. The number of hydrogen-bond donors (Lipinski definition) is 0. The largest absolute Gasteiger partial charge is 0.398 e. The van der Waals surface area contributed by atoms with Gasteiger partial charge in [-0.15, -0.1) is 0 Å². The van der Waals surface area contributed by atoms with E-state index in [9.17, 15) is 0 Å². The van der Waals surface area contributed by atoms with Gasteiger partial charge in [-0.05, 0) is 123 Å². The van der Waals surface area contributed by atoms with Crippen LogP contribution in [0.2, 0.25) is 12.1 Å². The van der Waals surface area contributed by atoms with Crippen LogP contribution in [0.25, 0.3) is 0 Å². The van der Waals surface area contributed by atoms with Crippen molar-refractivity contribution in [2.24, 2.45) is 5.41 Å². The Morgan fingerprint density at radius 1 is 0.581 bits per heavy atom. The average molecular weight is 460 g/mol. The molecule has 0 heterocycles. The number of rotatable bonds is 21. The highest BCUT2D eigenvalue weighted by atomic mass is 28.4. The van der Waals surface area contributed by atoms with Gasteiger partial charge in [0.1, 0.15) is 0 Å². The van der Waals surface area contributed by atoms with E-state index >= 15 is 0 Å². The Morgan fingerprint density at radius 3 is 1.19 bits per heavy atom. The Labute approximate surface area is 197 Å². The second-order valence-corrected chi connectivity index (χ2v) is 13.7. The fourth-order valence-electron chi connectivity index (χ4n) is 4.72. The van der Waals surface area contributed by atoms with E-state index < -0.39 is 8.56 Å². The van der Waals surface area contributed by atoms with Crippen molar-refractivity contribution in [3.63, 3.8) is 0 Å². The van der Waals surface area contributed by atoms with E-state index in [2.05, 4.69) is 63.5 Å². The molecule has 188 valence electrons. The fourth-order valence-corrected chi connectivity index (χ4v) is 7.14. The topological polar surface area (TPSA) is 28.2 Å². The third kappa shape index (κ3) is 12.7. The predicted octanol–water partition coefficient (Wildman–Crippen LogP) is 5.31. The van der Waals surface area contributed by atoms with E-state index in [0.29, 0.717) is 5.41 Å². The molecule has 0 aromatic carbocycles. The maximum atomic E-state index is 6.01. The van der Waals surface area contributed by atoms with Crippen LogP contribution < -0.4 is 0 Å². The zero-order valence-electron chi connectivity index (χ0n) is 22.8. The van der Waals surface area contributed by atoms with Crippen molar-refractivity contribution in [2.45, 2.75) is 84.7 Å². The Balaban J connectivity index is 5.58. The first-order chi connectivity index (χ1) is 14.8. The highest BCUT2D eigenvalue weighted by Gasteiger charge is 2.38. The van der Waals surface area contributed by atoms with Gasteiger partial charge in [0.15, 0.2) is 0 Å². The van der Waals surface area contributed by atoms with Crippen LogP contribution in [0.1, 0.15) is 72.6 Å². The second-order valence-electron chi connectivity index (χ2n) is 9.83. The average Bonchev–Trinajstić information content (AvgIpc) is 2.76. The van der Waals surface area contributed by atoms with E-state index in [0.717, 1.165) is 12.1 Å². The molecule has 0 radical (unpaired) electrons. The molecule has 0 saturated heterocycles. The van der Waals surface area contributed by atoms with Gasteiger partial charge >= 0.3 is 8.56 Å². The summed E-state index contributed by atoms with van der Waals surface area (Å²) in [5.74, 6) is 0. The SMILES string of the molecule is CCCN(C)CCC(CCN(C)CCC)(CCN(C)CCC)CC[Si](CC)(OC)OC. The molecular formula is C25H57N3O2Si. The van der Waals surface area contributed by atoms with E-state index in [1.807, 2.05) is 14.2 Å². The molecule has 0 aromatic heterocycles. The minimum Gasteiger partial charge on any atom is -0.398 e. The molecular weight excluding hydrogens is 402 g/mol. The lowest BCUT2D eigenvalue weighted by Crippen LogP contribution is -2.42. The zero-order valence-corrected chi connectivity index (χ0v) is 23.8. The van der Waals surface area contributed by atoms with Crippen LogP contribution in [0.3, 0.4) is 0 Å². The van der Waals surface area contributed by atoms with Crippen molar-refractivity contribution >= 4 is 8.56 Å². The van der Waals surface area contributed by atoms with Gasteiger partial charge in [-0.1, -0.05) is 27.7 Å². The molecule has 31 heavy (non-hydrogen) atoms. The van der Waals surface area contributed by atoms with Crippen LogP contribution in [0.15, 0.2) is 0 Å². The Bertz CT molecular complexity index is 373. The Kier molecular flexibility index (Phi) is 17.5. The molecule has 6 heteroatoms. The summed E-state index contributed by atoms with van der Waals surface area (Å²) < 4.78 is 12.0. The lowest BCUT2D eigenvalue weighted by molar-refractivity contribution is 0.128. The van der Waals surface area contributed by atoms with Crippen molar-refractivity contribution in [3.05, 3.63) is 0 Å². The van der Waals surface area contributed by atoms with Gasteiger partial charge in [-0.3, -0.25) is 0 Å². The van der Waals surface area contributed by atoms with Crippen LogP contribution in [0.5, 0.6) is 0 Å². The van der Waals surface area contributed by atoms with Crippen molar-refractivity contribution < 1.29 is 8.85 Å². The van der Waals surface area contributed by atoms with Gasteiger partial charge in [0.25, 0.3) is 0 Å². The molecule has 5 nitrogen and oxygen atoms in total. The van der Waals surface area contributed by atoms with Crippen LogP contribution in [0.4, 0.5) is 0 Å². The highest BCUT2D eigenvalue weighted by Crippen LogP contribution is 2.40. The first kappa shape index (κ1) is 31.0. The molecule has 0 atom stereocenters.